The number of hydrogen-bond acceptors (Lipinski definition) is 5. The summed E-state index contributed by atoms with van der Waals surface area (Å²) in [7, 11) is 0. The summed E-state index contributed by atoms with van der Waals surface area (Å²) in [6, 6.07) is 17.5. The van der Waals surface area contributed by atoms with Gasteiger partial charge in [-0.3, -0.25) is 4.40 Å². The Kier molecular flexibility index (Phi) is 5.64. The molecule has 4 N–H and O–H groups in total. The predicted molar refractivity (Wildman–Crippen MR) is 125 cm³/mol. The molecule has 1 aliphatic carbocycles. The van der Waals surface area contributed by atoms with Crippen molar-refractivity contribution in [3.63, 3.8) is 0 Å². The zero-order valence-electron chi connectivity index (χ0n) is 17.9. The fourth-order valence-corrected chi connectivity index (χ4v) is 4.83. The van der Waals surface area contributed by atoms with Crippen molar-refractivity contribution < 1.29 is 10.2 Å². The van der Waals surface area contributed by atoms with Gasteiger partial charge in [-0.25, -0.2) is 9.97 Å². The molecule has 1 unspecified atom stereocenters. The standard InChI is InChI=1S/C26H28N4O2/c27-25-23-22(18-10-12-20(13-11-18)24(32)19-4-2-1-3-5-19)29-26(30(23)15-14-28-25)21-8-6-17(16-31)7-9-21/h1-5,10-15,17,21,24,31-32H,6-9,16H2,(H2,27,28)/t17-,21-,24?. The highest BCUT2D eigenvalue weighted by Crippen LogP contribution is 2.38. The summed E-state index contributed by atoms with van der Waals surface area (Å²) >= 11 is 0. The fourth-order valence-electron chi connectivity index (χ4n) is 4.83. The maximum atomic E-state index is 10.7. The van der Waals surface area contributed by atoms with Crippen LogP contribution in [0.25, 0.3) is 16.8 Å². The highest BCUT2D eigenvalue weighted by Gasteiger charge is 2.27. The van der Waals surface area contributed by atoms with Crippen molar-refractivity contribution in [2.75, 3.05) is 12.3 Å². The van der Waals surface area contributed by atoms with Crippen LogP contribution in [0.5, 0.6) is 0 Å². The van der Waals surface area contributed by atoms with E-state index in [1.807, 2.05) is 60.8 Å². The Labute approximate surface area is 187 Å². The van der Waals surface area contributed by atoms with Crippen LogP contribution in [0, 0.1) is 5.92 Å². The second-order valence-corrected chi connectivity index (χ2v) is 8.69. The molecule has 1 atom stereocenters. The highest BCUT2D eigenvalue weighted by molar-refractivity contribution is 5.85. The zero-order valence-corrected chi connectivity index (χ0v) is 17.9. The number of anilines is 1. The Morgan fingerprint density at radius 1 is 0.969 bits per heavy atom. The molecule has 0 saturated heterocycles. The van der Waals surface area contributed by atoms with Gasteiger partial charge in [0.15, 0.2) is 0 Å². The number of nitrogens with two attached hydrogens (primary N) is 1. The van der Waals surface area contributed by atoms with Crippen LogP contribution >= 0.6 is 0 Å². The third kappa shape index (κ3) is 3.76. The van der Waals surface area contributed by atoms with Gasteiger partial charge >= 0.3 is 0 Å². The van der Waals surface area contributed by atoms with Crippen LogP contribution < -0.4 is 5.73 Å². The highest BCUT2D eigenvalue weighted by atomic mass is 16.3. The lowest BCUT2D eigenvalue weighted by atomic mass is 9.82. The lowest BCUT2D eigenvalue weighted by Crippen LogP contribution is -2.17. The number of nitrogen functional groups attached to an aromatic ring is 1. The predicted octanol–water partition coefficient (Wildman–Crippen LogP) is 4.33. The van der Waals surface area contributed by atoms with Crippen LogP contribution in [0.15, 0.2) is 67.0 Å². The molecule has 1 saturated carbocycles. The molecule has 4 aromatic rings. The third-order valence-corrected chi connectivity index (χ3v) is 6.70. The van der Waals surface area contributed by atoms with Gasteiger partial charge in [0, 0.05) is 30.5 Å². The Hall–Kier alpha value is -3.22. The summed E-state index contributed by atoms with van der Waals surface area (Å²) < 4.78 is 2.08. The van der Waals surface area contributed by atoms with Gasteiger partial charge in [0.05, 0.1) is 0 Å². The number of benzene rings is 2. The average molecular weight is 429 g/mol. The van der Waals surface area contributed by atoms with Gasteiger partial charge in [0.1, 0.15) is 29.0 Å². The smallest absolute Gasteiger partial charge is 0.150 e. The maximum Gasteiger partial charge on any atom is 0.150 e. The van der Waals surface area contributed by atoms with E-state index in [9.17, 15) is 10.2 Å². The first kappa shape index (κ1) is 20.7. The van der Waals surface area contributed by atoms with Crippen molar-refractivity contribution in [2.45, 2.75) is 37.7 Å². The van der Waals surface area contributed by atoms with Gasteiger partial charge in [-0.1, -0.05) is 54.6 Å². The first-order valence-corrected chi connectivity index (χ1v) is 11.2. The largest absolute Gasteiger partial charge is 0.396 e. The first-order chi connectivity index (χ1) is 15.7. The van der Waals surface area contributed by atoms with Gasteiger partial charge in [-0.15, -0.1) is 0 Å². The van der Waals surface area contributed by atoms with Crippen molar-refractivity contribution in [3.8, 4) is 11.3 Å². The molecule has 0 aliphatic heterocycles. The Morgan fingerprint density at radius 3 is 2.34 bits per heavy atom. The molecule has 0 spiro atoms. The first-order valence-electron chi connectivity index (χ1n) is 11.2. The van der Waals surface area contributed by atoms with Crippen molar-refractivity contribution >= 4 is 11.3 Å². The van der Waals surface area contributed by atoms with Crippen molar-refractivity contribution in [2.24, 2.45) is 5.92 Å². The molecule has 32 heavy (non-hydrogen) atoms. The average Bonchev–Trinajstić information content (AvgIpc) is 3.25. The second kappa shape index (κ2) is 8.73. The maximum absolute atomic E-state index is 10.7. The summed E-state index contributed by atoms with van der Waals surface area (Å²) in [6.07, 6.45) is 7.02. The molecule has 0 bridgehead atoms. The molecule has 2 heterocycles. The number of rotatable bonds is 5. The van der Waals surface area contributed by atoms with Crippen LogP contribution in [0.1, 0.15) is 54.7 Å². The topological polar surface area (TPSA) is 96.7 Å². The van der Waals surface area contributed by atoms with E-state index in [-0.39, 0.29) is 6.61 Å². The number of aliphatic hydroxyl groups excluding tert-OH is 2. The van der Waals surface area contributed by atoms with Crippen molar-refractivity contribution in [1.82, 2.24) is 14.4 Å². The second-order valence-electron chi connectivity index (χ2n) is 8.69. The van der Waals surface area contributed by atoms with Gasteiger partial charge < -0.3 is 15.9 Å². The van der Waals surface area contributed by atoms with Crippen LogP contribution in [0.2, 0.25) is 0 Å². The Morgan fingerprint density at radius 2 is 1.66 bits per heavy atom. The minimum absolute atomic E-state index is 0.262. The number of fused-ring (bicyclic) bond motifs is 1. The van der Waals surface area contributed by atoms with Gasteiger partial charge in [-0.2, -0.15) is 0 Å². The molecular formula is C26H28N4O2. The van der Waals surface area contributed by atoms with E-state index in [4.69, 9.17) is 10.7 Å². The van der Waals surface area contributed by atoms with Crippen LogP contribution in [-0.2, 0) is 0 Å². The number of hydrogen-bond donors (Lipinski definition) is 3. The van der Waals surface area contributed by atoms with Gasteiger partial charge in [0.2, 0.25) is 0 Å². The van der Waals surface area contributed by atoms with Crippen molar-refractivity contribution in [1.29, 1.82) is 0 Å². The zero-order chi connectivity index (χ0) is 22.1. The minimum atomic E-state index is -0.673. The Bertz CT molecular complexity index is 1200. The molecule has 5 rings (SSSR count). The molecule has 2 aromatic carbocycles. The summed E-state index contributed by atoms with van der Waals surface area (Å²) in [5, 5.41) is 20.2. The summed E-state index contributed by atoms with van der Waals surface area (Å²) in [5.74, 6) is 2.19. The Balaban J connectivity index is 1.50. The van der Waals surface area contributed by atoms with E-state index in [0.717, 1.165) is 59.4 Å². The van der Waals surface area contributed by atoms with Crippen LogP contribution in [0.4, 0.5) is 5.82 Å². The monoisotopic (exact) mass is 428 g/mol. The van der Waals surface area contributed by atoms with E-state index in [0.29, 0.717) is 17.7 Å². The molecule has 0 amide bonds. The quantitative estimate of drug-likeness (QED) is 0.440. The van der Waals surface area contributed by atoms with E-state index in [1.165, 1.54) is 0 Å². The van der Waals surface area contributed by atoms with Crippen molar-refractivity contribution in [3.05, 3.63) is 83.9 Å². The van der Waals surface area contributed by atoms with Gasteiger partial charge in [0.25, 0.3) is 0 Å². The molecule has 2 aromatic heterocycles. The summed E-state index contributed by atoms with van der Waals surface area (Å²) in [4.78, 5) is 9.35. The molecule has 1 fully saturated rings. The molecule has 1 aliphatic rings. The number of nitrogens with zero attached hydrogens (tertiary/aromatic N) is 3. The van der Waals surface area contributed by atoms with Crippen LogP contribution in [0.3, 0.4) is 0 Å². The van der Waals surface area contributed by atoms with E-state index in [1.54, 1.807) is 6.20 Å². The SMILES string of the molecule is Nc1nccn2c1c(-c1ccc(C(O)c3ccccc3)cc1)nc2[C@H]1CC[C@H](CO)CC1. The summed E-state index contributed by atoms with van der Waals surface area (Å²) in [6.45, 7) is 0.262. The third-order valence-electron chi connectivity index (χ3n) is 6.70. The van der Waals surface area contributed by atoms with E-state index in [2.05, 4.69) is 9.38 Å². The minimum Gasteiger partial charge on any atom is -0.396 e. The molecule has 0 radical (unpaired) electrons. The number of aliphatic hydroxyl groups is 2. The lowest BCUT2D eigenvalue weighted by Gasteiger charge is -2.26. The lowest BCUT2D eigenvalue weighted by molar-refractivity contribution is 0.181. The molecular weight excluding hydrogens is 400 g/mol. The summed E-state index contributed by atoms with van der Waals surface area (Å²) in [5.41, 5.74) is 10.6. The molecule has 6 nitrogen and oxygen atoms in total. The van der Waals surface area contributed by atoms with Gasteiger partial charge in [-0.05, 0) is 42.7 Å². The fraction of sp³-hybridized carbons (Fsp3) is 0.308. The molecule has 164 valence electrons. The van der Waals surface area contributed by atoms with Crippen LogP contribution in [-0.4, -0.2) is 31.2 Å². The molecule has 6 heteroatoms. The van der Waals surface area contributed by atoms with E-state index < -0.39 is 6.10 Å². The number of imidazole rings is 1. The normalized spacial score (nSPS) is 19.8. The number of aromatic nitrogens is 3. The van der Waals surface area contributed by atoms with E-state index >= 15 is 0 Å².